The molecule has 8 heteroatoms. The molecule has 4 N–H and O–H groups in total. The first-order valence-corrected chi connectivity index (χ1v) is 7.15. The minimum Gasteiger partial charge on any atom is -0.350 e. The van der Waals surface area contributed by atoms with Crippen LogP contribution in [-0.2, 0) is 0 Å². The van der Waals surface area contributed by atoms with E-state index in [1.807, 2.05) is 0 Å². The van der Waals surface area contributed by atoms with E-state index in [2.05, 4.69) is 20.9 Å². The van der Waals surface area contributed by atoms with E-state index in [0.29, 0.717) is 22.5 Å². The van der Waals surface area contributed by atoms with E-state index in [0.717, 1.165) is 0 Å². The third-order valence-corrected chi connectivity index (χ3v) is 3.21. The molecule has 0 fully saturated rings. The molecule has 0 atom stereocenters. The van der Waals surface area contributed by atoms with Gasteiger partial charge in [0.2, 0.25) is 0 Å². The van der Waals surface area contributed by atoms with Gasteiger partial charge in [-0.05, 0) is 48.5 Å². The second-order valence-corrected chi connectivity index (χ2v) is 4.83. The van der Waals surface area contributed by atoms with E-state index in [-0.39, 0.29) is 24.9 Å². The molecular formula is C16H16N6O2. The van der Waals surface area contributed by atoms with E-state index < -0.39 is 0 Å². The van der Waals surface area contributed by atoms with E-state index >= 15 is 0 Å². The van der Waals surface area contributed by atoms with Crippen molar-refractivity contribution < 1.29 is 9.59 Å². The van der Waals surface area contributed by atoms with Crippen LogP contribution in [0.5, 0.6) is 0 Å². The monoisotopic (exact) mass is 324 g/mol. The number of carbonyl (C=O) groups excluding carboxylic acids is 2. The predicted molar refractivity (Wildman–Crippen MR) is 87.2 cm³/mol. The summed E-state index contributed by atoms with van der Waals surface area (Å²) in [6.45, 7) is 0.574. The van der Waals surface area contributed by atoms with Gasteiger partial charge in [-0.1, -0.05) is 0 Å². The van der Waals surface area contributed by atoms with Gasteiger partial charge in [-0.25, -0.2) is 11.1 Å². The number of benzene rings is 2. The van der Waals surface area contributed by atoms with E-state index in [1.54, 1.807) is 48.5 Å². The van der Waals surface area contributed by atoms with Gasteiger partial charge in [0.25, 0.3) is 11.8 Å². The third kappa shape index (κ3) is 4.54. The van der Waals surface area contributed by atoms with E-state index in [1.165, 1.54) is 0 Å². The van der Waals surface area contributed by atoms with Crippen molar-refractivity contribution in [3.63, 3.8) is 0 Å². The summed E-state index contributed by atoms with van der Waals surface area (Å²) in [5, 5.41) is 11.9. The van der Waals surface area contributed by atoms with Crippen LogP contribution >= 0.6 is 0 Å². The fourth-order valence-electron chi connectivity index (χ4n) is 1.93. The number of rotatable bonds is 7. The lowest BCUT2D eigenvalue weighted by atomic mass is 10.2. The van der Waals surface area contributed by atoms with Crippen LogP contribution in [0.25, 0.3) is 0 Å². The lowest BCUT2D eigenvalue weighted by Gasteiger charge is -2.07. The molecule has 0 spiro atoms. The zero-order chi connectivity index (χ0) is 17.4. The molecule has 0 bridgehead atoms. The van der Waals surface area contributed by atoms with Crippen LogP contribution in [0, 0.1) is 11.1 Å². The Morgan fingerprint density at radius 2 is 1.04 bits per heavy atom. The van der Waals surface area contributed by atoms with Gasteiger partial charge < -0.3 is 10.6 Å². The van der Waals surface area contributed by atoms with Crippen LogP contribution in [0.2, 0.25) is 0 Å². The number of hydrogen-bond acceptors (Lipinski definition) is 6. The Balaban J connectivity index is 1.76. The summed E-state index contributed by atoms with van der Waals surface area (Å²) in [5.74, 6) is -0.524. The zero-order valence-corrected chi connectivity index (χ0v) is 12.7. The molecule has 0 aliphatic carbocycles. The third-order valence-electron chi connectivity index (χ3n) is 3.21. The van der Waals surface area contributed by atoms with Crippen LogP contribution in [0.1, 0.15) is 20.7 Å². The number of carbonyl (C=O) groups is 2. The van der Waals surface area contributed by atoms with Crippen molar-refractivity contribution in [1.82, 2.24) is 10.6 Å². The predicted octanol–water partition coefficient (Wildman–Crippen LogP) is 3.17. The van der Waals surface area contributed by atoms with E-state index in [9.17, 15) is 9.59 Å². The Kier molecular flexibility index (Phi) is 5.84. The summed E-state index contributed by atoms with van der Waals surface area (Å²) in [6.07, 6.45) is 0. The maximum absolute atomic E-state index is 11.9. The molecule has 2 amide bonds. The average molecular weight is 324 g/mol. The average Bonchev–Trinajstić information content (AvgIpc) is 2.65. The Bertz CT molecular complexity index is 675. The lowest BCUT2D eigenvalue weighted by Crippen LogP contribution is -2.34. The molecule has 8 nitrogen and oxygen atoms in total. The summed E-state index contributed by atoms with van der Waals surface area (Å²) >= 11 is 0. The van der Waals surface area contributed by atoms with Crippen LogP contribution < -0.4 is 10.6 Å². The standard InChI is InChI=1S/C16H16N6O2/c17-21-13-5-1-11(2-6-13)15(23)19-9-10-20-16(24)12-3-7-14(22-18)8-4-12/h1-8,17-18H,9-10H2,(H,19,23)(H,20,24). The summed E-state index contributed by atoms with van der Waals surface area (Å²) in [6, 6.07) is 12.7. The molecule has 2 rings (SSSR count). The number of nitrogens with zero attached hydrogens (tertiary/aromatic N) is 2. The van der Waals surface area contributed by atoms with Gasteiger partial charge in [0.1, 0.15) is 0 Å². The minimum atomic E-state index is -0.262. The second-order valence-electron chi connectivity index (χ2n) is 4.83. The van der Waals surface area contributed by atoms with Crippen molar-refractivity contribution >= 4 is 23.2 Å². The number of nitrogens with one attached hydrogen (secondary N) is 4. The molecule has 0 aromatic heterocycles. The van der Waals surface area contributed by atoms with Gasteiger partial charge in [0.15, 0.2) is 0 Å². The minimum absolute atomic E-state index is 0.262. The van der Waals surface area contributed by atoms with Crippen molar-refractivity contribution in [2.24, 2.45) is 10.2 Å². The summed E-state index contributed by atoms with van der Waals surface area (Å²) in [7, 11) is 0. The van der Waals surface area contributed by atoms with Crippen molar-refractivity contribution in [1.29, 1.82) is 11.1 Å². The Hall–Kier alpha value is -3.42. The fraction of sp³-hybridized carbons (Fsp3) is 0.125. The number of amides is 2. The number of hydrogen-bond donors (Lipinski definition) is 4. The normalized spacial score (nSPS) is 9.83. The highest BCUT2D eigenvalue weighted by Gasteiger charge is 2.07. The van der Waals surface area contributed by atoms with Gasteiger partial charge >= 0.3 is 0 Å². The highest BCUT2D eigenvalue weighted by molar-refractivity contribution is 5.95. The van der Waals surface area contributed by atoms with Crippen LogP contribution in [0.4, 0.5) is 11.4 Å². The first-order chi connectivity index (χ1) is 11.6. The maximum atomic E-state index is 11.9. The first kappa shape index (κ1) is 16.9. The first-order valence-electron chi connectivity index (χ1n) is 7.15. The lowest BCUT2D eigenvalue weighted by molar-refractivity contribution is 0.0927. The van der Waals surface area contributed by atoms with E-state index in [4.69, 9.17) is 11.1 Å². The van der Waals surface area contributed by atoms with Crippen molar-refractivity contribution in [3.8, 4) is 0 Å². The summed E-state index contributed by atoms with van der Waals surface area (Å²) < 4.78 is 0. The van der Waals surface area contributed by atoms with Crippen molar-refractivity contribution in [2.75, 3.05) is 13.1 Å². The summed E-state index contributed by atoms with van der Waals surface area (Å²) in [4.78, 5) is 23.8. The van der Waals surface area contributed by atoms with Gasteiger partial charge in [-0.15, -0.1) is 0 Å². The molecule has 0 saturated carbocycles. The maximum Gasteiger partial charge on any atom is 0.251 e. The quantitative estimate of drug-likeness (QED) is 0.460. The van der Waals surface area contributed by atoms with Crippen LogP contribution in [-0.4, -0.2) is 24.9 Å². The van der Waals surface area contributed by atoms with Gasteiger partial charge in [0, 0.05) is 24.2 Å². The van der Waals surface area contributed by atoms with Gasteiger partial charge in [-0.2, -0.15) is 10.2 Å². The molecule has 2 aromatic carbocycles. The van der Waals surface area contributed by atoms with Gasteiger partial charge in [0.05, 0.1) is 11.4 Å². The Labute approximate surface area is 138 Å². The smallest absolute Gasteiger partial charge is 0.251 e. The Morgan fingerprint density at radius 1 is 0.708 bits per heavy atom. The molecule has 2 aromatic rings. The SMILES string of the molecule is N=Nc1ccc(C(=O)NCCNC(=O)c2ccc(N=N)cc2)cc1. The molecule has 0 unspecified atom stereocenters. The molecule has 0 aliphatic heterocycles. The molecule has 24 heavy (non-hydrogen) atoms. The zero-order valence-electron chi connectivity index (χ0n) is 12.7. The molecule has 0 aliphatic rings. The van der Waals surface area contributed by atoms with Crippen LogP contribution in [0.3, 0.4) is 0 Å². The second kappa shape index (κ2) is 8.28. The van der Waals surface area contributed by atoms with Crippen LogP contribution in [0.15, 0.2) is 58.8 Å². The molecule has 0 saturated heterocycles. The largest absolute Gasteiger partial charge is 0.350 e. The van der Waals surface area contributed by atoms with Crippen molar-refractivity contribution in [3.05, 3.63) is 59.7 Å². The molecule has 0 heterocycles. The highest BCUT2D eigenvalue weighted by Crippen LogP contribution is 2.12. The summed E-state index contributed by atoms with van der Waals surface area (Å²) in [5.41, 5.74) is 15.6. The molecule has 0 radical (unpaired) electrons. The molecule has 122 valence electrons. The van der Waals surface area contributed by atoms with Crippen molar-refractivity contribution in [2.45, 2.75) is 0 Å². The van der Waals surface area contributed by atoms with Gasteiger partial charge in [-0.3, -0.25) is 9.59 Å². The Morgan fingerprint density at radius 3 is 1.33 bits per heavy atom. The fourth-order valence-corrected chi connectivity index (χ4v) is 1.93. The molecular weight excluding hydrogens is 308 g/mol. The topological polar surface area (TPSA) is 131 Å². The highest BCUT2D eigenvalue weighted by atomic mass is 16.2.